The Morgan fingerprint density at radius 2 is 1.35 bits per heavy atom. The van der Waals surface area contributed by atoms with Crippen LogP contribution in [0.3, 0.4) is 0 Å². The number of carbonyl (C=O) groups is 1. The van der Waals surface area contributed by atoms with Crippen molar-refractivity contribution in [3.63, 3.8) is 0 Å². The lowest BCUT2D eigenvalue weighted by atomic mass is 10.1. The standard InChI is InChI=1S/C27H32N2O7S/c1-33-23-12-10-20(16-25(23)35-3)14-15-28-27(30)19-29(18-21-8-6-5-7-9-21)37(31,32)22-11-13-24(34-2)26(17-22)36-4/h5-13,16-17H,14-15,18-19H2,1-4H3,(H,28,30). The summed E-state index contributed by atoms with van der Waals surface area (Å²) >= 11 is 0. The van der Waals surface area contributed by atoms with Crippen molar-refractivity contribution >= 4 is 15.9 Å². The molecule has 0 bridgehead atoms. The number of hydrogen-bond donors (Lipinski definition) is 1. The second kappa shape index (κ2) is 13.0. The SMILES string of the molecule is COc1ccc(CCNC(=O)CN(Cc2ccccc2)S(=O)(=O)c2ccc(OC)c(OC)c2)cc1OC. The van der Waals surface area contributed by atoms with Gasteiger partial charge in [-0.25, -0.2) is 8.42 Å². The molecule has 198 valence electrons. The van der Waals surface area contributed by atoms with Crippen LogP contribution in [-0.4, -0.2) is 60.2 Å². The molecule has 1 N–H and O–H groups in total. The van der Waals surface area contributed by atoms with Crippen LogP contribution in [-0.2, 0) is 27.8 Å². The third-order valence-electron chi connectivity index (χ3n) is 5.70. The van der Waals surface area contributed by atoms with Crippen LogP contribution in [0.1, 0.15) is 11.1 Å². The minimum absolute atomic E-state index is 0.000732. The highest BCUT2D eigenvalue weighted by atomic mass is 32.2. The smallest absolute Gasteiger partial charge is 0.243 e. The van der Waals surface area contributed by atoms with Gasteiger partial charge in [-0.1, -0.05) is 36.4 Å². The van der Waals surface area contributed by atoms with Gasteiger partial charge in [0, 0.05) is 19.2 Å². The van der Waals surface area contributed by atoms with Crippen molar-refractivity contribution in [2.24, 2.45) is 0 Å². The second-order valence-electron chi connectivity index (χ2n) is 8.06. The maximum Gasteiger partial charge on any atom is 0.243 e. The highest BCUT2D eigenvalue weighted by Gasteiger charge is 2.28. The van der Waals surface area contributed by atoms with Crippen LogP contribution in [0.25, 0.3) is 0 Å². The van der Waals surface area contributed by atoms with Crippen molar-refractivity contribution in [3.8, 4) is 23.0 Å². The van der Waals surface area contributed by atoms with Gasteiger partial charge in [-0.15, -0.1) is 0 Å². The minimum atomic E-state index is -4.04. The molecule has 0 aliphatic carbocycles. The number of methoxy groups -OCH3 is 4. The molecule has 0 saturated heterocycles. The van der Waals surface area contributed by atoms with Gasteiger partial charge < -0.3 is 24.3 Å². The number of carbonyl (C=O) groups excluding carboxylic acids is 1. The number of amides is 1. The van der Waals surface area contributed by atoms with E-state index in [-0.39, 0.29) is 23.7 Å². The van der Waals surface area contributed by atoms with Crippen molar-refractivity contribution in [1.82, 2.24) is 9.62 Å². The Morgan fingerprint density at radius 1 is 0.757 bits per heavy atom. The van der Waals surface area contributed by atoms with E-state index >= 15 is 0 Å². The van der Waals surface area contributed by atoms with E-state index < -0.39 is 15.9 Å². The largest absolute Gasteiger partial charge is 0.493 e. The summed E-state index contributed by atoms with van der Waals surface area (Å²) in [6.45, 7) is 0.00201. The van der Waals surface area contributed by atoms with Crippen LogP contribution in [0.15, 0.2) is 71.6 Å². The molecule has 0 fully saturated rings. The molecule has 10 heteroatoms. The molecule has 1 amide bonds. The molecule has 0 aliphatic heterocycles. The van der Waals surface area contributed by atoms with Crippen molar-refractivity contribution in [2.45, 2.75) is 17.9 Å². The van der Waals surface area contributed by atoms with Crippen LogP contribution in [0.2, 0.25) is 0 Å². The average molecular weight is 529 g/mol. The molecule has 0 aliphatic rings. The second-order valence-corrected chi connectivity index (χ2v) is 10.0. The van der Waals surface area contributed by atoms with Gasteiger partial charge in [0.05, 0.1) is 39.9 Å². The molecule has 3 rings (SSSR count). The van der Waals surface area contributed by atoms with Crippen LogP contribution in [0.4, 0.5) is 0 Å². The van der Waals surface area contributed by atoms with Crippen molar-refractivity contribution in [1.29, 1.82) is 0 Å². The van der Waals surface area contributed by atoms with Gasteiger partial charge in [-0.2, -0.15) is 4.31 Å². The molecule has 3 aromatic rings. The summed E-state index contributed by atoms with van der Waals surface area (Å²) in [4.78, 5) is 12.9. The lowest BCUT2D eigenvalue weighted by molar-refractivity contribution is -0.121. The Morgan fingerprint density at radius 3 is 1.97 bits per heavy atom. The van der Waals surface area contributed by atoms with Crippen LogP contribution >= 0.6 is 0 Å². The fraction of sp³-hybridized carbons (Fsp3) is 0.296. The molecule has 37 heavy (non-hydrogen) atoms. The molecule has 0 unspecified atom stereocenters. The van der Waals surface area contributed by atoms with E-state index in [1.807, 2.05) is 42.5 Å². The normalized spacial score (nSPS) is 11.2. The van der Waals surface area contributed by atoms with Gasteiger partial charge in [-0.3, -0.25) is 4.79 Å². The van der Waals surface area contributed by atoms with Crippen LogP contribution in [0.5, 0.6) is 23.0 Å². The van der Waals surface area contributed by atoms with E-state index in [1.54, 1.807) is 20.3 Å². The first-order valence-corrected chi connectivity index (χ1v) is 13.0. The predicted molar refractivity (Wildman–Crippen MR) is 140 cm³/mol. The summed E-state index contributed by atoms with van der Waals surface area (Å²) in [6, 6.07) is 19.0. The number of hydrogen-bond acceptors (Lipinski definition) is 7. The topological polar surface area (TPSA) is 103 Å². The maximum atomic E-state index is 13.6. The summed E-state index contributed by atoms with van der Waals surface area (Å²) in [6.07, 6.45) is 0.535. The average Bonchev–Trinajstić information content (AvgIpc) is 2.92. The Kier molecular flexibility index (Phi) is 9.76. The molecule has 0 spiro atoms. The summed E-state index contributed by atoms with van der Waals surface area (Å²) in [5.41, 5.74) is 1.70. The van der Waals surface area contributed by atoms with Gasteiger partial charge in [0.2, 0.25) is 15.9 Å². The molecule has 0 atom stereocenters. The summed E-state index contributed by atoms with van der Waals surface area (Å²) in [5, 5.41) is 2.82. The Hall–Kier alpha value is -3.76. The number of nitrogens with zero attached hydrogens (tertiary/aromatic N) is 1. The number of nitrogens with one attached hydrogen (secondary N) is 1. The van der Waals surface area contributed by atoms with Gasteiger partial charge in [0.15, 0.2) is 23.0 Å². The van der Waals surface area contributed by atoms with Gasteiger partial charge >= 0.3 is 0 Å². The van der Waals surface area contributed by atoms with E-state index in [9.17, 15) is 13.2 Å². The monoisotopic (exact) mass is 528 g/mol. The zero-order valence-corrected chi connectivity index (χ0v) is 22.2. The molecule has 0 radical (unpaired) electrons. The summed E-state index contributed by atoms with van der Waals surface area (Å²) in [5.74, 6) is 1.49. The third-order valence-corrected chi connectivity index (χ3v) is 7.49. The quantitative estimate of drug-likeness (QED) is 0.363. The molecule has 0 aromatic heterocycles. The number of rotatable bonds is 13. The first kappa shape index (κ1) is 27.8. The van der Waals surface area contributed by atoms with Crippen LogP contribution in [0, 0.1) is 0 Å². The summed E-state index contributed by atoms with van der Waals surface area (Å²) < 4.78 is 49.4. The van der Waals surface area contributed by atoms with Crippen molar-refractivity contribution < 1.29 is 32.2 Å². The zero-order valence-electron chi connectivity index (χ0n) is 21.4. The molecule has 3 aromatic carbocycles. The third kappa shape index (κ3) is 7.14. The van der Waals surface area contributed by atoms with E-state index in [2.05, 4.69) is 5.32 Å². The first-order chi connectivity index (χ1) is 17.8. The Balaban J connectivity index is 1.75. The highest BCUT2D eigenvalue weighted by molar-refractivity contribution is 7.89. The molecule has 0 heterocycles. The highest BCUT2D eigenvalue weighted by Crippen LogP contribution is 2.31. The predicted octanol–water partition coefficient (Wildman–Crippen LogP) is 3.27. The van der Waals surface area contributed by atoms with E-state index in [0.717, 1.165) is 15.4 Å². The van der Waals surface area contributed by atoms with Crippen molar-refractivity contribution in [3.05, 3.63) is 77.9 Å². The summed E-state index contributed by atoms with van der Waals surface area (Å²) in [7, 11) is 1.99. The van der Waals surface area contributed by atoms with E-state index in [1.165, 1.54) is 32.4 Å². The minimum Gasteiger partial charge on any atom is -0.493 e. The number of sulfonamides is 1. The zero-order chi connectivity index (χ0) is 26.8. The van der Waals surface area contributed by atoms with Crippen molar-refractivity contribution in [2.75, 3.05) is 41.5 Å². The van der Waals surface area contributed by atoms with Crippen LogP contribution < -0.4 is 24.3 Å². The number of ether oxygens (including phenoxy) is 4. The molecular formula is C27H32N2O7S. The lowest BCUT2D eigenvalue weighted by Gasteiger charge is -2.22. The fourth-order valence-corrected chi connectivity index (χ4v) is 5.14. The van der Waals surface area contributed by atoms with Gasteiger partial charge in [0.1, 0.15) is 0 Å². The Labute approximate surface area is 218 Å². The maximum absolute atomic E-state index is 13.6. The van der Waals surface area contributed by atoms with Gasteiger partial charge in [-0.05, 0) is 41.8 Å². The van der Waals surface area contributed by atoms with E-state index in [0.29, 0.717) is 30.2 Å². The van der Waals surface area contributed by atoms with E-state index in [4.69, 9.17) is 18.9 Å². The molecule has 9 nitrogen and oxygen atoms in total. The van der Waals surface area contributed by atoms with Gasteiger partial charge in [0.25, 0.3) is 0 Å². The Bertz CT molecular complexity index is 1300. The lowest BCUT2D eigenvalue weighted by Crippen LogP contribution is -2.40. The number of benzene rings is 3. The first-order valence-electron chi connectivity index (χ1n) is 11.6. The molecule has 0 saturated carbocycles. The fourth-order valence-electron chi connectivity index (χ4n) is 3.74. The molecular weight excluding hydrogens is 496 g/mol.